The van der Waals surface area contributed by atoms with E-state index in [-0.39, 0.29) is 18.1 Å². The van der Waals surface area contributed by atoms with E-state index in [0.29, 0.717) is 49.2 Å². The molecule has 1 amide bonds. The van der Waals surface area contributed by atoms with Crippen LogP contribution in [0, 0.1) is 0 Å². The normalized spacial score (nSPS) is 22.5. The molecule has 2 aliphatic rings. The molecular weight excluding hydrogens is 366 g/mol. The predicted molar refractivity (Wildman–Crippen MR) is 101 cm³/mol. The van der Waals surface area contributed by atoms with Gasteiger partial charge in [0.25, 0.3) is 0 Å². The van der Waals surface area contributed by atoms with E-state index in [9.17, 15) is 4.79 Å². The average Bonchev–Trinajstić information content (AvgIpc) is 3.17. The second-order valence-electron chi connectivity index (χ2n) is 7.22. The highest BCUT2D eigenvalue weighted by Crippen LogP contribution is 2.29. The van der Waals surface area contributed by atoms with Gasteiger partial charge in [0.05, 0.1) is 18.8 Å². The van der Waals surface area contributed by atoms with Crippen molar-refractivity contribution in [1.29, 1.82) is 0 Å². The van der Waals surface area contributed by atoms with E-state index < -0.39 is 0 Å². The van der Waals surface area contributed by atoms with Crippen molar-refractivity contribution in [2.24, 2.45) is 0 Å². The molecule has 0 spiro atoms. The highest BCUT2D eigenvalue weighted by Gasteiger charge is 2.36. The van der Waals surface area contributed by atoms with Crippen molar-refractivity contribution in [3.63, 3.8) is 0 Å². The molecule has 1 saturated carbocycles. The first-order valence-corrected chi connectivity index (χ1v) is 10.1. The third-order valence-corrected chi connectivity index (χ3v) is 5.66. The van der Waals surface area contributed by atoms with Gasteiger partial charge in [0.15, 0.2) is 0 Å². The van der Waals surface area contributed by atoms with Crippen LogP contribution in [0.3, 0.4) is 0 Å². The Morgan fingerprint density at radius 3 is 2.89 bits per heavy atom. The SMILES string of the molecule is O=C(CCCc1nc(-c2ccc(Cl)cc2)no1)N1CCO[C@H]2CCCC[C@@H]21. The molecule has 0 unspecified atom stereocenters. The molecule has 1 aliphatic heterocycles. The zero-order valence-corrected chi connectivity index (χ0v) is 16.0. The second-order valence-corrected chi connectivity index (χ2v) is 7.66. The number of carbonyl (C=O) groups excluding carboxylic acids is 1. The Bertz CT molecular complexity index is 775. The van der Waals surface area contributed by atoms with Gasteiger partial charge in [-0.05, 0) is 43.5 Å². The Kier molecular flexibility index (Phi) is 5.74. The Morgan fingerprint density at radius 2 is 2.04 bits per heavy atom. The average molecular weight is 390 g/mol. The van der Waals surface area contributed by atoms with Gasteiger partial charge in [-0.1, -0.05) is 29.6 Å². The number of rotatable bonds is 5. The van der Waals surface area contributed by atoms with Crippen LogP contribution in [-0.2, 0) is 16.0 Å². The van der Waals surface area contributed by atoms with Crippen LogP contribution < -0.4 is 0 Å². The van der Waals surface area contributed by atoms with E-state index in [1.165, 1.54) is 12.8 Å². The van der Waals surface area contributed by atoms with E-state index in [4.69, 9.17) is 20.9 Å². The van der Waals surface area contributed by atoms with Crippen LogP contribution in [0.25, 0.3) is 11.4 Å². The monoisotopic (exact) mass is 389 g/mol. The number of amides is 1. The fraction of sp³-hybridized carbons (Fsp3) is 0.550. The summed E-state index contributed by atoms with van der Waals surface area (Å²) in [5.74, 6) is 1.32. The van der Waals surface area contributed by atoms with Gasteiger partial charge in [-0.2, -0.15) is 4.98 Å². The minimum atomic E-state index is 0.215. The molecule has 1 aromatic carbocycles. The van der Waals surface area contributed by atoms with Gasteiger partial charge in [-0.3, -0.25) is 4.79 Å². The van der Waals surface area contributed by atoms with Crippen LogP contribution in [0.5, 0.6) is 0 Å². The minimum absolute atomic E-state index is 0.215. The van der Waals surface area contributed by atoms with Crippen molar-refractivity contribution in [1.82, 2.24) is 15.0 Å². The van der Waals surface area contributed by atoms with E-state index in [2.05, 4.69) is 10.1 Å². The molecule has 0 bridgehead atoms. The Labute approximate surface area is 163 Å². The van der Waals surface area contributed by atoms with Crippen molar-refractivity contribution in [3.05, 3.63) is 35.2 Å². The zero-order chi connectivity index (χ0) is 18.6. The summed E-state index contributed by atoms with van der Waals surface area (Å²) < 4.78 is 11.2. The van der Waals surface area contributed by atoms with Crippen LogP contribution in [0.1, 0.15) is 44.4 Å². The van der Waals surface area contributed by atoms with Gasteiger partial charge in [-0.25, -0.2) is 0 Å². The number of hydrogen-bond acceptors (Lipinski definition) is 5. The first-order valence-electron chi connectivity index (χ1n) is 9.70. The molecule has 27 heavy (non-hydrogen) atoms. The first kappa shape index (κ1) is 18.4. The summed E-state index contributed by atoms with van der Waals surface area (Å²) in [6, 6.07) is 7.58. The molecule has 2 aromatic rings. The number of carbonyl (C=O) groups is 1. The van der Waals surface area contributed by atoms with Crippen molar-refractivity contribution < 1.29 is 14.1 Å². The fourth-order valence-electron chi connectivity index (χ4n) is 4.01. The Balaban J connectivity index is 1.29. The summed E-state index contributed by atoms with van der Waals surface area (Å²) in [6.45, 7) is 1.36. The molecule has 2 atom stereocenters. The van der Waals surface area contributed by atoms with Crippen LogP contribution >= 0.6 is 11.6 Å². The minimum Gasteiger partial charge on any atom is -0.374 e. The molecule has 1 aliphatic carbocycles. The number of morpholine rings is 1. The molecule has 7 heteroatoms. The van der Waals surface area contributed by atoms with Crippen LogP contribution in [0.2, 0.25) is 5.02 Å². The topological polar surface area (TPSA) is 68.5 Å². The number of nitrogens with zero attached hydrogens (tertiary/aromatic N) is 3. The number of aromatic nitrogens is 2. The molecule has 1 aromatic heterocycles. The number of ether oxygens (including phenoxy) is 1. The lowest BCUT2D eigenvalue weighted by molar-refractivity contribution is -0.149. The predicted octanol–water partition coefficient (Wildman–Crippen LogP) is 3.88. The molecule has 0 radical (unpaired) electrons. The third-order valence-electron chi connectivity index (χ3n) is 5.40. The summed E-state index contributed by atoms with van der Waals surface area (Å²) in [5.41, 5.74) is 0.863. The Hall–Kier alpha value is -1.92. The number of hydrogen-bond donors (Lipinski definition) is 0. The quantitative estimate of drug-likeness (QED) is 0.776. The lowest BCUT2D eigenvalue weighted by Gasteiger charge is -2.43. The Morgan fingerprint density at radius 1 is 1.22 bits per heavy atom. The third kappa shape index (κ3) is 4.33. The zero-order valence-electron chi connectivity index (χ0n) is 15.3. The summed E-state index contributed by atoms with van der Waals surface area (Å²) in [5, 5.41) is 4.69. The van der Waals surface area contributed by atoms with Crippen molar-refractivity contribution in [2.75, 3.05) is 13.2 Å². The maximum absolute atomic E-state index is 12.7. The van der Waals surface area contributed by atoms with Gasteiger partial charge < -0.3 is 14.2 Å². The summed E-state index contributed by atoms with van der Waals surface area (Å²) in [6.07, 6.45) is 6.56. The first-order chi connectivity index (χ1) is 13.2. The molecular formula is C20H24ClN3O3. The molecule has 0 N–H and O–H groups in total. The van der Waals surface area contributed by atoms with Crippen LogP contribution in [0.4, 0.5) is 0 Å². The molecule has 144 valence electrons. The largest absolute Gasteiger partial charge is 0.374 e. The van der Waals surface area contributed by atoms with Gasteiger partial charge in [0.2, 0.25) is 17.6 Å². The number of benzene rings is 1. The molecule has 1 saturated heterocycles. The molecule has 2 fully saturated rings. The highest BCUT2D eigenvalue weighted by atomic mass is 35.5. The number of aryl methyl sites for hydroxylation is 1. The van der Waals surface area contributed by atoms with Gasteiger partial charge in [-0.15, -0.1) is 0 Å². The van der Waals surface area contributed by atoms with Crippen LogP contribution in [-0.4, -0.2) is 46.2 Å². The second kappa shape index (κ2) is 8.40. The van der Waals surface area contributed by atoms with E-state index in [0.717, 1.165) is 18.4 Å². The maximum Gasteiger partial charge on any atom is 0.226 e. The van der Waals surface area contributed by atoms with E-state index in [1.807, 2.05) is 17.0 Å². The van der Waals surface area contributed by atoms with Gasteiger partial charge in [0.1, 0.15) is 0 Å². The molecule has 4 rings (SSSR count). The molecule has 6 nitrogen and oxygen atoms in total. The van der Waals surface area contributed by atoms with Crippen molar-refractivity contribution in [2.45, 2.75) is 57.1 Å². The summed E-state index contributed by atoms with van der Waals surface area (Å²) >= 11 is 5.90. The van der Waals surface area contributed by atoms with Crippen LogP contribution in [0.15, 0.2) is 28.8 Å². The summed E-state index contributed by atoms with van der Waals surface area (Å²) in [7, 11) is 0. The highest BCUT2D eigenvalue weighted by molar-refractivity contribution is 6.30. The lowest BCUT2D eigenvalue weighted by Crippen LogP contribution is -2.54. The number of fused-ring (bicyclic) bond motifs is 1. The van der Waals surface area contributed by atoms with E-state index in [1.54, 1.807) is 12.1 Å². The smallest absolute Gasteiger partial charge is 0.226 e. The van der Waals surface area contributed by atoms with Crippen molar-refractivity contribution in [3.8, 4) is 11.4 Å². The van der Waals surface area contributed by atoms with Crippen molar-refractivity contribution >= 4 is 17.5 Å². The maximum atomic E-state index is 12.7. The fourth-order valence-corrected chi connectivity index (χ4v) is 4.14. The van der Waals surface area contributed by atoms with Gasteiger partial charge >= 0.3 is 0 Å². The summed E-state index contributed by atoms with van der Waals surface area (Å²) in [4.78, 5) is 19.2. The number of halogens is 1. The van der Waals surface area contributed by atoms with Gasteiger partial charge in [0, 0.05) is 30.0 Å². The standard InChI is InChI=1S/C20H24ClN3O3/c21-15-10-8-14(9-11-15)20-22-18(27-23-20)6-3-7-19(25)24-12-13-26-17-5-2-1-4-16(17)24/h8-11,16-17H,1-7,12-13H2/t16-,17-/m0/s1. The lowest BCUT2D eigenvalue weighted by atomic mass is 9.90. The molecule has 2 heterocycles. The van der Waals surface area contributed by atoms with E-state index >= 15 is 0 Å².